The quantitative estimate of drug-likeness (QED) is 0.375. The van der Waals surface area contributed by atoms with E-state index in [-0.39, 0.29) is 5.60 Å². The second-order valence-corrected chi connectivity index (χ2v) is 8.96. The Labute approximate surface area is 152 Å². The van der Waals surface area contributed by atoms with Crippen LogP contribution < -0.4 is 0 Å². The topological polar surface area (TPSA) is 9.23 Å². The van der Waals surface area contributed by atoms with Gasteiger partial charge in [-0.1, -0.05) is 71.6 Å². The summed E-state index contributed by atoms with van der Waals surface area (Å²) in [4.78, 5) is 0. The minimum Gasteiger partial charge on any atom is -0.378 e. The van der Waals surface area contributed by atoms with Crippen molar-refractivity contribution in [3.63, 3.8) is 0 Å². The molecule has 0 aromatic carbocycles. The number of methoxy groups -OCH3 is 1. The fourth-order valence-corrected chi connectivity index (χ4v) is 5.50. The number of rotatable bonds is 10. The van der Waals surface area contributed by atoms with Gasteiger partial charge < -0.3 is 4.74 Å². The van der Waals surface area contributed by atoms with E-state index < -0.39 is 0 Å². The maximum Gasteiger partial charge on any atom is 0.0679 e. The minimum atomic E-state index is 0.239. The first-order valence-electron chi connectivity index (χ1n) is 11.3. The monoisotopic (exact) mass is 336 g/mol. The Morgan fingerprint density at radius 1 is 0.750 bits per heavy atom. The molecule has 2 aliphatic carbocycles. The molecule has 1 heteroatoms. The van der Waals surface area contributed by atoms with Crippen molar-refractivity contribution in [3.8, 4) is 0 Å². The summed E-state index contributed by atoms with van der Waals surface area (Å²) in [6, 6.07) is 0. The van der Waals surface area contributed by atoms with Crippen molar-refractivity contribution in [1.82, 2.24) is 0 Å². The summed E-state index contributed by atoms with van der Waals surface area (Å²) in [5.74, 6) is 3.11. The molecule has 0 spiro atoms. The fraction of sp³-hybridized carbons (Fsp3) is 1.00. The molecule has 2 saturated carbocycles. The summed E-state index contributed by atoms with van der Waals surface area (Å²) in [5.41, 5.74) is 0.239. The van der Waals surface area contributed by atoms with Crippen LogP contribution in [0.15, 0.2) is 0 Å². The van der Waals surface area contributed by atoms with E-state index in [1.54, 1.807) is 0 Å². The summed E-state index contributed by atoms with van der Waals surface area (Å²) in [6.45, 7) is 4.62. The van der Waals surface area contributed by atoms with Crippen LogP contribution in [-0.2, 0) is 4.74 Å². The van der Waals surface area contributed by atoms with Crippen molar-refractivity contribution in [2.24, 2.45) is 17.8 Å². The Morgan fingerprint density at radius 3 is 1.96 bits per heavy atom. The summed E-state index contributed by atoms with van der Waals surface area (Å²) in [7, 11) is 1.96. The van der Waals surface area contributed by atoms with Gasteiger partial charge in [-0.2, -0.15) is 0 Å². The lowest BCUT2D eigenvalue weighted by molar-refractivity contribution is -0.0637. The van der Waals surface area contributed by atoms with Gasteiger partial charge in [0.1, 0.15) is 0 Å². The molecule has 0 heterocycles. The normalized spacial score (nSPS) is 34.4. The molecule has 2 fully saturated rings. The molecule has 1 nitrogen and oxygen atoms in total. The van der Waals surface area contributed by atoms with Crippen molar-refractivity contribution in [3.05, 3.63) is 0 Å². The third-order valence-corrected chi connectivity index (χ3v) is 7.38. The molecule has 0 unspecified atom stereocenters. The predicted octanol–water partition coefficient (Wildman–Crippen LogP) is 7.53. The van der Waals surface area contributed by atoms with Gasteiger partial charge in [-0.3, -0.25) is 0 Å². The van der Waals surface area contributed by atoms with Crippen molar-refractivity contribution in [2.75, 3.05) is 7.11 Å². The highest BCUT2D eigenvalue weighted by Crippen LogP contribution is 2.45. The summed E-state index contributed by atoms with van der Waals surface area (Å²) in [6.07, 6.45) is 22.8. The molecule has 0 N–H and O–H groups in total. The van der Waals surface area contributed by atoms with Crippen LogP contribution >= 0.6 is 0 Å². The van der Waals surface area contributed by atoms with Crippen molar-refractivity contribution in [1.29, 1.82) is 0 Å². The SMILES string of the molecule is CCCCCCC1CCC([C@H]2CC[C@@](CCCC)(OC)CC2)CC1. The molecule has 0 aromatic heterocycles. The van der Waals surface area contributed by atoms with Crippen LogP contribution in [0.1, 0.15) is 117 Å². The van der Waals surface area contributed by atoms with Gasteiger partial charge in [0.15, 0.2) is 0 Å². The van der Waals surface area contributed by atoms with Crippen LogP contribution in [0.2, 0.25) is 0 Å². The highest BCUT2D eigenvalue weighted by atomic mass is 16.5. The highest BCUT2D eigenvalue weighted by molar-refractivity contribution is 4.90. The van der Waals surface area contributed by atoms with Gasteiger partial charge in [-0.05, 0) is 62.7 Å². The van der Waals surface area contributed by atoms with Crippen LogP contribution in [0.25, 0.3) is 0 Å². The summed E-state index contributed by atoms with van der Waals surface area (Å²) < 4.78 is 6.00. The van der Waals surface area contributed by atoms with Crippen LogP contribution in [0.4, 0.5) is 0 Å². The van der Waals surface area contributed by atoms with E-state index in [0.29, 0.717) is 0 Å². The van der Waals surface area contributed by atoms with E-state index in [1.807, 2.05) is 7.11 Å². The zero-order valence-corrected chi connectivity index (χ0v) is 17.0. The van der Waals surface area contributed by atoms with E-state index in [0.717, 1.165) is 17.8 Å². The van der Waals surface area contributed by atoms with Gasteiger partial charge in [-0.15, -0.1) is 0 Å². The Bertz CT molecular complexity index is 308. The molecule has 0 amide bonds. The Kier molecular flexibility index (Phi) is 9.16. The van der Waals surface area contributed by atoms with Gasteiger partial charge in [0.05, 0.1) is 5.60 Å². The molecule has 2 rings (SSSR count). The van der Waals surface area contributed by atoms with E-state index in [1.165, 1.54) is 103 Å². The van der Waals surface area contributed by atoms with E-state index in [9.17, 15) is 0 Å². The average Bonchev–Trinajstić information content (AvgIpc) is 2.65. The molecule has 0 aromatic rings. The maximum absolute atomic E-state index is 6.00. The molecule has 142 valence electrons. The third kappa shape index (κ3) is 6.04. The zero-order valence-electron chi connectivity index (χ0n) is 17.0. The van der Waals surface area contributed by atoms with Gasteiger partial charge in [0.2, 0.25) is 0 Å². The van der Waals surface area contributed by atoms with Gasteiger partial charge in [0, 0.05) is 7.11 Å². The van der Waals surface area contributed by atoms with E-state index in [4.69, 9.17) is 4.74 Å². The number of hydrogen-bond donors (Lipinski definition) is 0. The van der Waals surface area contributed by atoms with Crippen LogP contribution in [0.5, 0.6) is 0 Å². The lowest BCUT2D eigenvalue weighted by atomic mass is 9.67. The molecule has 0 bridgehead atoms. The third-order valence-electron chi connectivity index (χ3n) is 7.38. The first-order chi connectivity index (χ1) is 11.7. The molecule has 2 aliphatic rings. The van der Waals surface area contributed by atoms with E-state index in [2.05, 4.69) is 13.8 Å². The van der Waals surface area contributed by atoms with Gasteiger partial charge in [-0.25, -0.2) is 0 Å². The molecular formula is C23H44O. The zero-order chi connectivity index (χ0) is 17.3. The number of unbranched alkanes of at least 4 members (excludes halogenated alkanes) is 4. The standard InChI is InChI=1S/C23H44O/c1-4-6-8-9-10-20-11-13-21(14-12-20)22-15-18-23(24-3,19-16-22)17-7-5-2/h20-22H,4-19H2,1-3H3/t20?,21?,22-,23+. The van der Waals surface area contributed by atoms with Crippen molar-refractivity contribution >= 4 is 0 Å². The molecule has 0 atom stereocenters. The van der Waals surface area contributed by atoms with Crippen molar-refractivity contribution < 1.29 is 4.74 Å². The highest BCUT2D eigenvalue weighted by Gasteiger charge is 2.38. The lowest BCUT2D eigenvalue weighted by Gasteiger charge is -2.43. The van der Waals surface area contributed by atoms with Crippen LogP contribution in [0.3, 0.4) is 0 Å². The first-order valence-corrected chi connectivity index (χ1v) is 11.3. The molecule has 0 aliphatic heterocycles. The average molecular weight is 337 g/mol. The molecular weight excluding hydrogens is 292 g/mol. The second-order valence-electron chi connectivity index (χ2n) is 8.96. The van der Waals surface area contributed by atoms with Gasteiger partial charge in [0.25, 0.3) is 0 Å². The van der Waals surface area contributed by atoms with Crippen LogP contribution in [-0.4, -0.2) is 12.7 Å². The second kappa shape index (κ2) is 10.8. The molecule has 0 radical (unpaired) electrons. The minimum absolute atomic E-state index is 0.239. The lowest BCUT2D eigenvalue weighted by Crippen LogP contribution is -2.38. The predicted molar refractivity (Wildman–Crippen MR) is 105 cm³/mol. The first kappa shape index (κ1) is 20.3. The Balaban J connectivity index is 1.66. The summed E-state index contributed by atoms with van der Waals surface area (Å²) in [5, 5.41) is 0. The van der Waals surface area contributed by atoms with E-state index >= 15 is 0 Å². The largest absolute Gasteiger partial charge is 0.378 e. The molecule has 0 saturated heterocycles. The number of ether oxygens (including phenoxy) is 1. The maximum atomic E-state index is 6.00. The summed E-state index contributed by atoms with van der Waals surface area (Å²) >= 11 is 0. The smallest absolute Gasteiger partial charge is 0.0679 e. The number of hydrogen-bond acceptors (Lipinski definition) is 1. The fourth-order valence-electron chi connectivity index (χ4n) is 5.50. The Hall–Kier alpha value is -0.0400. The van der Waals surface area contributed by atoms with Gasteiger partial charge >= 0.3 is 0 Å². The molecule has 24 heavy (non-hydrogen) atoms. The Morgan fingerprint density at radius 2 is 1.38 bits per heavy atom. The van der Waals surface area contributed by atoms with Crippen LogP contribution in [0, 0.1) is 17.8 Å². The van der Waals surface area contributed by atoms with Crippen molar-refractivity contribution in [2.45, 2.75) is 122 Å².